The van der Waals surface area contributed by atoms with Crippen molar-refractivity contribution in [1.82, 2.24) is 25.0 Å². The van der Waals surface area contributed by atoms with Crippen molar-refractivity contribution in [3.63, 3.8) is 0 Å². The Hall–Kier alpha value is -2.26. The van der Waals surface area contributed by atoms with Crippen molar-refractivity contribution in [3.05, 3.63) is 36.0 Å². The first kappa shape index (κ1) is 17.1. The number of sulfonamides is 1. The summed E-state index contributed by atoms with van der Waals surface area (Å²) in [6.07, 6.45) is 1.61. The van der Waals surface area contributed by atoms with Gasteiger partial charge in [0.05, 0.1) is 6.26 Å². The van der Waals surface area contributed by atoms with Crippen molar-refractivity contribution < 1.29 is 13.2 Å². The number of benzene rings is 1. The molecule has 124 valence electrons. The molecule has 0 saturated carbocycles. The Morgan fingerprint density at radius 1 is 1.26 bits per heavy atom. The Morgan fingerprint density at radius 2 is 1.96 bits per heavy atom. The van der Waals surface area contributed by atoms with Crippen LogP contribution in [0.1, 0.15) is 16.9 Å². The van der Waals surface area contributed by atoms with Crippen LogP contribution in [0, 0.1) is 0 Å². The summed E-state index contributed by atoms with van der Waals surface area (Å²) in [5, 5.41) is 10.5. The number of amides is 1. The Morgan fingerprint density at radius 3 is 2.61 bits per heavy atom. The number of carbonyl (C=O) groups excluding carboxylic acids is 1. The highest BCUT2D eigenvalue weighted by atomic mass is 32.2. The van der Waals surface area contributed by atoms with Gasteiger partial charge in [-0.1, -0.05) is 30.3 Å². The zero-order valence-corrected chi connectivity index (χ0v) is 13.8. The van der Waals surface area contributed by atoms with Crippen LogP contribution in [0.15, 0.2) is 30.3 Å². The average molecular weight is 337 g/mol. The van der Waals surface area contributed by atoms with Gasteiger partial charge < -0.3 is 4.90 Å². The first-order valence-electron chi connectivity index (χ1n) is 7.05. The molecular formula is C14H19N5O3S. The van der Waals surface area contributed by atoms with Crippen LogP contribution < -0.4 is 4.72 Å². The molecule has 0 spiro atoms. The number of H-pyrrole nitrogens is 1. The van der Waals surface area contributed by atoms with Crippen LogP contribution >= 0.6 is 0 Å². The number of nitrogens with zero attached hydrogens (tertiary/aromatic N) is 3. The molecular weight excluding hydrogens is 318 g/mol. The minimum absolute atomic E-state index is 0.245. The highest BCUT2D eigenvalue weighted by molar-refractivity contribution is 7.88. The predicted molar refractivity (Wildman–Crippen MR) is 86.2 cm³/mol. The second kappa shape index (κ2) is 7.34. The summed E-state index contributed by atoms with van der Waals surface area (Å²) in [7, 11) is -1.56. The highest BCUT2D eigenvalue weighted by Gasteiger charge is 2.20. The molecule has 0 bridgehead atoms. The van der Waals surface area contributed by atoms with Gasteiger partial charge in [0.15, 0.2) is 5.69 Å². The highest BCUT2D eigenvalue weighted by Crippen LogP contribution is 2.19. The molecule has 1 aromatic carbocycles. The summed E-state index contributed by atoms with van der Waals surface area (Å²) in [5.74, 6) is -0.267. The summed E-state index contributed by atoms with van der Waals surface area (Å²) in [6, 6.07) is 9.30. The predicted octanol–water partition coefficient (Wildman–Crippen LogP) is 0.483. The standard InChI is InChI=1S/C14H19N5O3S/c1-19(10-6-9-15-23(2,21)22)14(20)13-12(16-18-17-13)11-7-4-3-5-8-11/h3-5,7-8,15H,6,9-10H2,1-2H3,(H,16,17,18). The fourth-order valence-corrected chi connectivity index (χ4v) is 2.55. The van der Waals surface area contributed by atoms with E-state index in [4.69, 9.17) is 0 Å². The van der Waals surface area contributed by atoms with E-state index in [1.165, 1.54) is 4.90 Å². The van der Waals surface area contributed by atoms with Crippen molar-refractivity contribution in [2.24, 2.45) is 0 Å². The van der Waals surface area contributed by atoms with E-state index in [-0.39, 0.29) is 18.1 Å². The van der Waals surface area contributed by atoms with Crippen molar-refractivity contribution in [1.29, 1.82) is 0 Å². The third kappa shape index (κ3) is 4.86. The average Bonchev–Trinajstić information content (AvgIpc) is 3.00. The Bertz CT molecular complexity index is 758. The van der Waals surface area contributed by atoms with Crippen LogP contribution in [0.25, 0.3) is 11.3 Å². The minimum Gasteiger partial charge on any atom is -0.340 e. The first-order chi connectivity index (χ1) is 10.9. The lowest BCUT2D eigenvalue weighted by Gasteiger charge is -2.16. The van der Waals surface area contributed by atoms with Gasteiger partial charge in [-0.3, -0.25) is 4.79 Å². The minimum atomic E-state index is -3.21. The van der Waals surface area contributed by atoms with Crippen LogP contribution in [0.5, 0.6) is 0 Å². The zero-order chi connectivity index (χ0) is 16.9. The second-order valence-electron chi connectivity index (χ2n) is 5.13. The number of rotatable bonds is 7. The fourth-order valence-electron chi connectivity index (χ4n) is 2.03. The lowest BCUT2D eigenvalue weighted by atomic mass is 10.1. The van der Waals surface area contributed by atoms with E-state index in [1.807, 2.05) is 30.3 Å². The van der Waals surface area contributed by atoms with Gasteiger partial charge in [-0.25, -0.2) is 13.1 Å². The molecule has 0 radical (unpaired) electrons. The van der Waals surface area contributed by atoms with Gasteiger partial charge in [-0.05, 0) is 6.42 Å². The summed E-state index contributed by atoms with van der Waals surface area (Å²) >= 11 is 0. The first-order valence-corrected chi connectivity index (χ1v) is 8.94. The maximum atomic E-state index is 12.5. The number of aromatic nitrogens is 3. The van der Waals surface area contributed by atoms with Gasteiger partial charge in [0, 0.05) is 25.7 Å². The third-order valence-electron chi connectivity index (χ3n) is 3.18. The van der Waals surface area contributed by atoms with Crippen LogP contribution in [0.4, 0.5) is 0 Å². The van der Waals surface area contributed by atoms with Crippen molar-refractivity contribution in [3.8, 4) is 11.3 Å². The Kier molecular flexibility index (Phi) is 5.45. The van der Waals surface area contributed by atoms with Crippen molar-refractivity contribution in [2.75, 3.05) is 26.4 Å². The molecule has 2 rings (SSSR count). The van der Waals surface area contributed by atoms with E-state index >= 15 is 0 Å². The molecule has 9 heteroatoms. The molecule has 2 N–H and O–H groups in total. The maximum absolute atomic E-state index is 12.5. The molecule has 0 aliphatic heterocycles. The molecule has 0 aliphatic carbocycles. The van der Waals surface area contributed by atoms with E-state index < -0.39 is 10.0 Å². The van der Waals surface area contributed by atoms with Gasteiger partial charge in [0.2, 0.25) is 10.0 Å². The third-order valence-corrected chi connectivity index (χ3v) is 3.91. The second-order valence-corrected chi connectivity index (χ2v) is 6.97. The van der Waals surface area contributed by atoms with Gasteiger partial charge in [-0.15, -0.1) is 0 Å². The molecule has 23 heavy (non-hydrogen) atoms. The summed E-state index contributed by atoms with van der Waals surface area (Å²) < 4.78 is 24.4. The SMILES string of the molecule is CN(CCCNS(C)(=O)=O)C(=O)c1n[nH]nc1-c1ccccc1. The van der Waals surface area contributed by atoms with E-state index in [9.17, 15) is 13.2 Å². The van der Waals surface area contributed by atoms with Crippen LogP contribution in [-0.4, -0.2) is 61.0 Å². The van der Waals surface area contributed by atoms with E-state index in [0.717, 1.165) is 11.8 Å². The van der Waals surface area contributed by atoms with Gasteiger partial charge in [0.25, 0.3) is 5.91 Å². The molecule has 1 aromatic heterocycles. The number of hydrogen-bond acceptors (Lipinski definition) is 5. The monoisotopic (exact) mass is 337 g/mol. The van der Waals surface area contributed by atoms with Gasteiger partial charge in [-0.2, -0.15) is 15.4 Å². The molecule has 0 unspecified atom stereocenters. The summed E-state index contributed by atoms with van der Waals surface area (Å²) in [6.45, 7) is 0.684. The number of nitrogens with one attached hydrogen (secondary N) is 2. The van der Waals surface area contributed by atoms with E-state index in [0.29, 0.717) is 18.7 Å². The van der Waals surface area contributed by atoms with Crippen molar-refractivity contribution in [2.45, 2.75) is 6.42 Å². The largest absolute Gasteiger partial charge is 0.340 e. The molecule has 0 aliphatic rings. The lowest BCUT2D eigenvalue weighted by Crippen LogP contribution is -2.31. The lowest BCUT2D eigenvalue weighted by molar-refractivity contribution is 0.0789. The number of carbonyl (C=O) groups is 1. The molecule has 0 atom stereocenters. The fraction of sp³-hybridized carbons (Fsp3) is 0.357. The molecule has 1 heterocycles. The van der Waals surface area contributed by atoms with Crippen LogP contribution in [0.3, 0.4) is 0 Å². The normalized spacial score (nSPS) is 11.4. The van der Waals surface area contributed by atoms with Gasteiger partial charge in [0.1, 0.15) is 5.69 Å². The molecule has 2 aromatic rings. The zero-order valence-electron chi connectivity index (χ0n) is 13.0. The summed E-state index contributed by atoms with van der Waals surface area (Å²) in [5.41, 5.74) is 1.54. The van der Waals surface area contributed by atoms with Gasteiger partial charge >= 0.3 is 0 Å². The topological polar surface area (TPSA) is 108 Å². The quantitative estimate of drug-likeness (QED) is 0.715. The smallest absolute Gasteiger partial charge is 0.276 e. The van der Waals surface area contributed by atoms with Crippen LogP contribution in [0.2, 0.25) is 0 Å². The molecule has 8 nitrogen and oxygen atoms in total. The van der Waals surface area contributed by atoms with E-state index in [2.05, 4.69) is 20.1 Å². The molecule has 0 saturated heterocycles. The van der Waals surface area contributed by atoms with E-state index in [1.54, 1.807) is 7.05 Å². The number of aromatic amines is 1. The van der Waals surface area contributed by atoms with Crippen molar-refractivity contribution >= 4 is 15.9 Å². The number of hydrogen-bond donors (Lipinski definition) is 2. The maximum Gasteiger partial charge on any atom is 0.276 e. The Labute approximate surface area is 134 Å². The molecule has 1 amide bonds. The summed E-state index contributed by atoms with van der Waals surface area (Å²) in [4.78, 5) is 14.0. The Balaban J connectivity index is 2.00. The van der Waals surface area contributed by atoms with Crippen LogP contribution in [-0.2, 0) is 10.0 Å². The molecule has 0 fully saturated rings.